The molecule has 1 fully saturated rings. The maximum atomic E-state index is 6.59. The minimum absolute atomic E-state index is 0.110. The molecule has 96 valence electrons. The van der Waals surface area contributed by atoms with Gasteiger partial charge in [0.2, 0.25) is 0 Å². The van der Waals surface area contributed by atoms with Gasteiger partial charge in [0.05, 0.1) is 6.04 Å². The SMILES string of the molecule is CN(C)C1(C(N)c2cscc2Br)CCCCC1. The molecule has 0 saturated heterocycles. The first-order chi connectivity index (χ1) is 8.08. The van der Waals surface area contributed by atoms with Crippen LogP contribution in [0.25, 0.3) is 0 Å². The molecule has 1 aromatic rings. The van der Waals surface area contributed by atoms with Crippen LogP contribution in [0.15, 0.2) is 15.2 Å². The lowest BCUT2D eigenvalue weighted by Gasteiger charge is -2.47. The highest BCUT2D eigenvalue weighted by Gasteiger charge is 2.41. The Morgan fingerprint density at radius 3 is 2.41 bits per heavy atom. The van der Waals surface area contributed by atoms with Gasteiger partial charge in [-0.05, 0) is 53.8 Å². The zero-order chi connectivity index (χ0) is 12.5. The van der Waals surface area contributed by atoms with Crippen LogP contribution in [-0.2, 0) is 0 Å². The monoisotopic (exact) mass is 316 g/mol. The Hall–Kier alpha value is 0.100. The summed E-state index contributed by atoms with van der Waals surface area (Å²) in [7, 11) is 4.34. The smallest absolute Gasteiger partial charge is 0.0501 e. The average molecular weight is 317 g/mol. The second-order valence-electron chi connectivity index (χ2n) is 5.21. The van der Waals surface area contributed by atoms with E-state index < -0.39 is 0 Å². The van der Waals surface area contributed by atoms with Crippen molar-refractivity contribution in [3.8, 4) is 0 Å². The summed E-state index contributed by atoms with van der Waals surface area (Å²) in [4.78, 5) is 2.35. The third-order valence-corrected chi connectivity index (χ3v) is 5.92. The minimum atomic E-state index is 0.110. The molecule has 17 heavy (non-hydrogen) atoms. The first-order valence-electron chi connectivity index (χ1n) is 6.22. The number of nitrogens with two attached hydrogens (primary N) is 1. The number of hydrogen-bond acceptors (Lipinski definition) is 3. The molecular weight excluding hydrogens is 296 g/mol. The number of hydrogen-bond donors (Lipinski definition) is 1. The fourth-order valence-corrected chi connectivity index (χ4v) is 4.58. The minimum Gasteiger partial charge on any atom is -0.322 e. The van der Waals surface area contributed by atoms with Crippen molar-refractivity contribution in [2.45, 2.75) is 43.7 Å². The van der Waals surface area contributed by atoms with E-state index in [9.17, 15) is 0 Å². The Morgan fingerprint density at radius 1 is 1.29 bits per heavy atom. The van der Waals surface area contributed by atoms with Crippen LogP contribution < -0.4 is 5.73 Å². The zero-order valence-electron chi connectivity index (χ0n) is 10.6. The lowest BCUT2D eigenvalue weighted by Crippen LogP contribution is -2.53. The molecule has 1 unspecified atom stereocenters. The molecule has 0 spiro atoms. The van der Waals surface area contributed by atoms with Gasteiger partial charge in [0, 0.05) is 15.4 Å². The largest absolute Gasteiger partial charge is 0.322 e. The van der Waals surface area contributed by atoms with Crippen LogP contribution in [0.5, 0.6) is 0 Å². The van der Waals surface area contributed by atoms with Gasteiger partial charge in [-0.1, -0.05) is 19.3 Å². The fraction of sp³-hybridized carbons (Fsp3) is 0.692. The van der Waals surface area contributed by atoms with E-state index in [1.165, 1.54) is 42.1 Å². The van der Waals surface area contributed by atoms with Crippen LogP contribution in [0.3, 0.4) is 0 Å². The van der Waals surface area contributed by atoms with Crippen LogP contribution in [-0.4, -0.2) is 24.5 Å². The summed E-state index contributed by atoms with van der Waals surface area (Å²) in [6, 6.07) is 0.110. The molecule has 1 saturated carbocycles. The van der Waals surface area contributed by atoms with E-state index in [0.29, 0.717) is 0 Å². The van der Waals surface area contributed by atoms with Crippen molar-refractivity contribution in [3.63, 3.8) is 0 Å². The normalized spacial score (nSPS) is 21.7. The van der Waals surface area contributed by atoms with Gasteiger partial charge in [0.1, 0.15) is 0 Å². The molecule has 4 heteroatoms. The number of likely N-dealkylation sites (N-methyl/N-ethyl adjacent to an activating group) is 1. The summed E-state index contributed by atoms with van der Waals surface area (Å²) in [6.45, 7) is 0. The highest BCUT2D eigenvalue weighted by Crippen LogP contribution is 2.43. The highest BCUT2D eigenvalue weighted by atomic mass is 79.9. The summed E-state index contributed by atoms with van der Waals surface area (Å²) >= 11 is 5.34. The van der Waals surface area contributed by atoms with Crippen molar-refractivity contribution in [3.05, 3.63) is 20.8 Å². The molecule has 1 aliphatic carbocycles. The predicted molar refractivity (Wildman–Crippen MR) is 78.5 cm³/mol. The Kier molecular flexibility index (Phi) is 4.29. The van der Waals surface area contributed by atoms with Crippen molar-refractivity contribution >= 4 is 27.3 Å². The Labute approximate surface area is 116 Å². The van der Waals surface area contributed by atoms with Gasteiger partial charge in [0.15, 0.2) is 0 Å². The van der Waals surface area contributed by atoms with Gasteiger partial charge in [0.25, 0.3) is 0 Å². The molecule has 1 aromatic heterocycles. The van der Waals surface area contributed by atoms with E-state index in [1.54, 1.807) is 11.3 Å². The maximum absolute atomic E-state index is 6.59. The van der Waals surface area contributed by atoms with Crippen LogP contribution in [0.4, 0.5) is 0 Å². The van der Waals surface area contributed by atoms with E-state index in [-0.39, 0.29) is 11.6 Å². The first-order valence-corrected chi connectivity index (χ1v) is 7.96. The molecule has 0 aromatic carbocycles. The summed E-state index contributed by atoms with van der Waals surface area (Å²) < 4.78 is 1.17. The van der Waals surface area contributed by atoms with Crippen molar-refractivity contribution in [2.75, 3.05) is 14.1 Å². The quantitative estimate of drug-likeness (QED) is 0.919. The summed E-state index contributed by atoms with van der Waals surface area (Å²) in [6.07, 6.45) is 6.38. The van der Waals surface area contributed by atoms with Gasteiger partial charge >= 0.3 is 0 Å². The van der Waals surface area contributed by atoms with Gasteiger partial charge in [-0.3, -0.25) is 0 Å². The molecule has 0 bridgehead atoms. The van der Waals surface area contributed by atoms with E-state index in [4.69, 9.17) is 5.73 Å². The van der Waals surface area contributed by atoms with Crippen LogP contribution in [0.1, 0.15) is 43.7 Å². The standard InChI is InChI=1S/C13H21BrN2S/c1-16(2)13(6-4-3-5-7-13)12(15)10-8-17-9-11(10)14/h8-9,12H,3-7,15H2,1-2H3. The van der Waals surface area contributed by atoms with E-state index in [0.717, 1.165) is 0 Å². The second kappa shape index (κ2) is 5.39. The third kappa shape index (κ3) is 2.46. The molecule has 2 rings (SSSR count). The van der Waals surface area contributed by atoms with E-state index >= 15 is 0 Å². The molecule has 1 heterocycles. The molecule has 2 N–H and O–H groups in total. The number of nitrogens with zero attached hydrogens (tertiary/aromatic N) is 1. The summed E-state index contributed by atoms with van der Waals surface area (Å²) in [5.41, 5.74) is 8.00. The average Bonchev–Trinajstić information content (AvgIpc) is 2.75. The van der Waals surface area contributed by atoms with Crippen LogP contribution in [0.2, 0.25) is 0 Å². The second-order valence-corrected chi connectivity index (χ2v) is 6.81. The van der Waals surface area contributed by atoms with Gasteiger partial charge < -0.3 is 10.6 Å². The molecule has 1 aliphatic rings. The van der Waals surface area contributed by atoms with Crippen molar-refractivity contribution in [1.29, 1.82) is 0 Å². The fourth-order valence-electron chi connectivity index (χ4n) is 3.00. The van der Waals surface area contributed by atoms with E-state index in [2.05, 4.69) is 45.7 Å². The molecule has 2 nitrogen and oxygen atoms in total. The molecule has 0 aliphatic heterocycles. The summed E-state index contributed by atoms with van der Waals surface area (Å²) in [5.74, 6) is 0. The Bertz CT molecular complexity index is 369. The van der Waals surface area contributed by atoms with Crippen LogP contribution >= 0.6 is 27.3 Å². The number of rotatable bonds is 3. The first kappa shape index (κ1) is 13.5. The molecule has 1 atom stereocenters. The topological polar surface area (TPSA) is 29.3 Å². The molecule has 0 amide bonds. The number of thiophene rings is 1. The van der Waals surface area contributed by atoms with E-state index in [1.807, 2.05) is 0 Å². The Morgan fingerprint density at radius 2 is 1.94 bits per heavy atom. The third-order valence-electron chi connectivity index (χ3n) is 4.17. The summed E-state index contributed by atoms with van der Waals surface area (Å²) in [5, 5.41) is 4.32. The molecular formula is C13H21BrN2S. The van der Waals surface area contributed by atoms with Crippen molar-refractivity contribution in [2.24, 2.45) is 5.73 Å². The van der Waals surface area contributed by atoms with Crippen molar-refractivity contribution in [1.82, 2.24) is 4.90 Å². The highest BCUT2D eigenvalue weighted by molar-refractivity contribution is 9.10. The van der Waals surface area contributed by atoms with Crippen molar-refractivity contribution < 1.29 is 0 Å². The maximum Gasteiger partial charge on any atom is 0.0501 e. The predicted octanol–water partition coefficient (Wildman–Crippen LogP) is 3.77. The lowest BCUT2D eigenvalue weighted by molar-refractivity contribution is 0.0713. The van der Waals surface area contributed by atoms with Gasteiger partial charge in [-0.25, -0.2) is 0 Å². The zero-order valence-corrected chi connectivity index (χ0v) is 13.0. The lowest BCUT2D eigenvalue weighted by atomic mass is 9.74. The molecule has 0 radical (unpaired) electrons. The van der Waals surface area contributed by atoms with Crippen LogP contribution in [0, 0.1) is 0 Å². The number of halogens is 1. The van der Waals surface area contributed by atoms with Gasteiger partial charge in [-0.2, -0.15) is 11.3 Å². The van der Waals surface area contributed by atoms with Gasteiger partial charge in [-0.15, -0.1) is 0 Å². The Balaban J connectivity index is 2.30.